The first kappa shape index (κ1) is 20.0. The zero-order chi connectivity index (χ0) is 19.8. The van der Waals surface area contributed by atoms with Gasteiger partial charge in [-0.2, -0.15) is 0 Å². The lowest BCUT2D eigenvalue weighted by molar-refractivity contribution is -0.137. The molecule has 0 atom stereocenters. The number of carbonyl (C=O) groups excluding carboxylic acids is 2. The monoisotopic (exact) mass is 370 g/mol. The summed E-state index contributed by atoms with van der Waals surface area (Å²) in [6, 6.07) is 12.5. The highest BCUT2D eigenvalue weighted by Gasteiger charge is 2.08. The van der Waals surface area contributed by atoms with Crippen LogP contribution in [0, 0.1) is 13.8 Å². The fraction of sp³-hybridized carbons (Fsp3) is 0.250. The molecule has 142 valence electrons. The summed E-state index contributed by atoms with van der Waals surface area (Å²) in [6.45, 7) is 3.35. The molecule has 2 rings (SSSR count). The first-order chi connectivity index (χ1) is 12.8. The number of rotatable bonds is 8. The molecule has 0 fully saturated rings. The summed E-state index contributed by atoms with van der Waals surface area (Å²) < 4.78 is 5.56. The van der Waals surface area contributed by atoms with Crippen LogP contribution < -0.4 is 15.4 Å². The second-order valence-corrected chi connectivity index (χ2v) is 6.15. The van der Waals surface area contributed by atoms with E-state index in [4.69, 9.17) is 9.84 Å². The minimum absolute atomic E-state index is 0.0667. The van der Waals surface area contributed by atoms with Gasteiger partial charge < -0.3 is 20.5 Å². The predicted octanol–water partition coefficient (Wildman–Crippen LogP) is 2.06. The molecule has 0 aliphatic heterocycles. The van der Waals surface area contributed by atoms with E-state index in [0.29, 0.717) is 17.0 Å². The molecule has 0 heterocycles. The molecule has 0 unspecified atom stereocenters. The zero-order valence-electron chi connectivity index (χ0n) is 15.2. The third-order valence-corrected chi connectivity index (χ3v) is 3.74. The van der Waals surface area contributed by atoms with Gasteiger partial charge >= 0.3 is 5.97 Å². The van der Waals surface area contributed by atoms with Gasteiger partial charge in [-0.15, -0.1) is 0 Å². The number of amides is 2. The summed E-state index contributed by atoms with van der Waals surface area (Å²) in [5.41, 5.74) is 3.31. The maximum atomic E-state index is 12.0. The van der Waals surface area contributed by atoms with Gasteiger partial charge in [0, 0.05) is 5.69 Å². The van der Waals surface area contributed by atoms with E-state index in [1.807, 2.05) is 32.0 Å². The Morgan fingerprint density at radius 2 is 1.70 bits per heavy atom. The van der Waals surface area contributed by atoms with Crippen molar-refractivity contribution in [1.29, 1.82) is 0 Å². The number of ether oxygens (including phenoxy) is 1. The molecule has 0 aliphatic carbocycles. The molecular weight excluding hydrogens is 348 g/mol. The van der Waals surface area contributed by atoms with Crippen LogP contribution in [0.1, 0.15) is 16.7 Å². The van der Waals surface area contributed by atoms with Crippen LogP contribution in [0.5, 0.6) is 5.75 Å². The van der Waals surface area contributed by atoms with E-state index in [-0.39, 0.29) is 24.8 Å². The van der Waals surface area contributed by atoms with Crippen LogP contribution in [-0.2, 0) is 20.8 Å². The van der Waals surface area contributed by atoms with Gasteiger partial charge in [-0.1, -0.05) is 24.3 Å². The fourth-order valence-electron chi connectivity index (χ4n) is 2.33. The average molecular weight is 370 g/mol. The van der Waals surface area contributed by atoms with Crippen molar-refractivity contribution in [2.75, 3.05) is 18.5 Å². The van der Waals surface area contributed by atoms with Crippen molar-refractivity contribution in [3.63, 3.8) is 0 Å². The number of anilines is 1. The summed E-state index contributed by atoms with van der Waals surface area (Å²) in [5.74, 6) is -1.09. The van der Waals surface area contributed by atoms with Crippen molar-refractivity contribution in [2.45, 2.75) is 20.3 Å². The molecule has 27 heavy (non-hydrogen) atoms. The summed E-state index contributed by atoms with van der Waals surface area (Å²) >= 11 is 0. The third-order valence-electron chi connectivity index (χ3n) is 3.74. The Morgan fingerprint density at radius 1 is 1.00 bits per heavy atom. The Bertz CT molecular complexity index is 831. The second-order valence-electron chi connectivity index (χ2n) is 6.15. The van der Waals surface area contributed by atoms with Gasteiger partial charge in [0.15, 0.2) is 6.61 Å². The first-order valence-corrected chi connectivity index (χ1v) is 8.41. The number of hydrogen-bond donors (Lipinski definition) is 3. The number of carboxylic acids is 1. The van der Waals surface area contributed by atoms with Crippen molar-refractivity contribution in [3.05, 3.63) is 59.2 Å². The summed E-state index contributed by atoms with van der Waals surface area (Å²) in [4.78, 5) is 34.0. The minimum atomic E-state index is -1.09. The lowest BCUT2D eigenvalue weighted by atomic mass is 10.1. The van der Waals surface area contributed by atoms with Crippen molar-refractivity contribution >= 4 is 23.5 Å². The quantitative estimate of drug-likeness (QED) is 0.660. The molecule has 0 aliphatic rings. The van der Waals surface area contributed by atoms with Gasteiger partial charge in [-0.25, -0.2) is 0 Å². The molecule has 0 saturated carbocycles. The van der Waals surface area contributed by atoms with Crippen molar-refractivity contribution < 1.29 is 24.2 Å². The highest BCUT2D eigenvalue weighted by molar-refractivity contribution is 5.92. The standard InChI is InChI=1S/C20H22N2O5/c1-13-3-4-14(2)17(9-13)27-12-19(24)22-16-7-5-15(6-8-16)10-18(23)21-11-20(25)26/h3-9H,10-12H2,1-2H3,(H,21,23)(H,22,24)(H,25,26). The van der Waals surface area contributed by atoms with Crippen LogP contribution in [-0.4, -0.2) is 36.0 Å². The maximum absolute atomic E-state index is 12.0. The molecule has 2 amide bonds. The van der Waals surface area contributed by atoms with Gasteiger partial charge in [0.1, 0.15) is 12.3 Å². The van der Waals surface area contributed by atoms with Crippen LogP contribution in [0.2, 0.25) is 0 Å². The van der Waals surface area contributed by atoms with Gasteiger partial charge in [0.05, 0.1) is 6.42 Å². The van der Waals surface area contributed by atoms with Crippen LogP contribution in [0.3, 0.4) is 0 Å². The number of carbonyl (C=O) groups is 3. The van der Waals surface area contributed by atoms with E-state index >= 15 is 0 Å². The highest BCUT2D eigenvalue weighted by Crippen LogP contribution is 2.19. The number of aryl methyl sites for hydroxylation is 2. The topological polar surface area (TPSA) is 105 Å². The van der Waals surface area contributed by atoms with Crippen LogP contribution >= 0.6 is 0 Å². The normalized spacial score (nSPS) is 10.1. The third kappa shape index (κ3) is 6.81. The Labute approximate surface area is 157 Å². The molecule has 3 N–H and O–H groups in total. The first-order valence-electron chi connectivity index (χ1n) is 8.41. The number of hydrogen-bond acceptors (Lipinski definition) is 4. The van der Waals surface area contributed by atoms with Crippen molar-refractivity contribution in [3.8, 4) is 5.75 Å². The number of benzene rings is 2. The number of nitrogens with one attached hydrogen (secondary N) is 2. The average Bonchev–Trinajstić information content (AvgIpc) is 2.62. The lowest BCUT2D eigenvalue weighted by Crippen LogP contribution is -2.30. The van der Waals surface area contributed by atoms with Crippen LogP contribution in [0.15, 0.2) is 42.5 Å². The molecule has 0 aromatic heterocycles. The number of aliphatic carboxylic acids is 1. The molecule has 2 aromatic carbocycles. The van der Waals surface area contributed by atoms with Crippen molar-refractivity contribution in [1.82, 2.24) is 5.32 Å². The van der Waals surface area contributed by atoms with E-state index in [0.717, 1.165) is 11.1 Å². The smallest absolute Gasteiger partial charge is 0.322 e. The molecular formula is C20H22N2O5. The van der Waals surface area contributed by atoms with Crippen LogP contribution in [0.25, 0.3) is 0 Å². The van der Waals surface area contributed by atoms with E-state index in [2.05, 4.69) is 10.6 Å². The van der Waals surface area contributed by atoms with E-state index in [1.165, 1.54) is 0 Å². The van der Waals surface area contributed by atoms with E-state index in [9.17, 15) is 14.4 Å². The Morgan fingerprint density at radius 3 is 2.37 bits per heavy atom. The Balaban J connectivity index is 1.83. The lowest BCUT2D eigenvalue weighted by Gasteiger charge is -2.10. The Kier molecular flexibility index (Phi) is 6.93. The molecule has 7 nitrogen and oxygen atoms in total. The molecule has 0 spiro atoms. The Hall–Kier alpha value is -3.35. The SMILES string of the molecule is Cc1ccc(C)c(OCC(=O)Nc2ccc(CC(=O)NCC(=O)O)cc2)c1. The molecule has 0 saturated heterocycles. The summed E-state index contributed by atoms with van der Waals surface area (Å²) in [6.07, 6.45) is 0.0667. The molecule has 0 bridgehead atoms. The second kappa shape index (κ2) is 9.38. The predicted molar refractivity (Wildman–Crippen MR) is 101 cm³/mol. The number of carboxylic acid groups (broad SMARTS) is 1. The van der Waals surface area contributed by atoms with Crippen LogP contribution in [0.4, 0.5) is 5.69 Å². The van der Waals surface area contributed by atoms with Gasteiger partial charge in [-0.05, 0) is 48.7 Å². The highest BCUT2D eigenvalue weighted by atomic mass is 16.5. The maximum Gasteiger partial charge on any atom is 0.322 e. The van der Waals surface area contributed by atoms with Crippen molar-refractivity contribution in [2.24, 2.45) is 0 Å². The summed E-state index contributed by atoms with van der Waals surface area (Å²) in [7, 11) is 0. The van der Waals surface area contributed by atoms with E-state index < -0.39 is 12.5 Å². The van der Waals surface area contributed by atoms with Gasteiger partial charge in [0.2, 0.25) is 5.91 Å². The van der Waals surface area contributed by atoms with E-state index in [1.54, 1.807) is 24.3 Å². The zero-order valence-corrected chi connectivity index (χ0v) is 15.2. The largest absolute Gasteiger partial charge is 0.483 e. The molecule has 0 radical (unpaired) electrons. The summed E-state index contributed by atoms with van der Waals surface area (Å²) in [5, 5.41) is 13.5. The van der Waals surface area contributed by atoms with Gasteiger partial charge in [-0.3, -0.25) is 14.4 Å². The molecule has 2 aromatic rings. The minimum Gasteiger partial charge on any atom is -0.483 e. The molecule has 7 heteroatoms. The van der Waals surface area contributed by atoms with Gasteiger partial charge in [0.25, 0.3) is 5.91 Å². The fourth-order valence-corrected chi connectivity index (χ4v) is 2.33.